The fourth-order valence-corrected chi connectivity index (χ4v) is 5.29. The normalized spacial score (nSPS) is 18.2. The molecule has 1 atom stereocenters. The lowest BCUT2D eigenvalue weighted by molar-refractivity contribution is -0.145. The van der Waals surface area contributed by atoms with Crippen LogP contribution in [0.25, 0.3) is 11.0 Å². The Balaban J connectivity index is 1.43. The van der Waals surface area contributed by atoms with Crippen molar-refractivity contribution >= 4 is 38.6 Å². The van der Waals surface area contributed by atoms with Crippen molar-refractivity contribution in [2.24, 2.45) is 0 Å². The molecule has 2 heterocycles. The number of para-hydroxylation sites is 1. The van der Waals surface area contributed by atoms with Crippen LogP contribution in [0, 0.1) is 0 Å². The maximum atomic E-state index is 11.8. The molecule has 0 saturated carbocycles. The molecule has 1 saturated heterocycles. The van der Waals surface area contributed by atoms with Gasteiger partial charge in [-0.15, -0.1) is 5.10 Å². The summed E-state index contributed by atoms with van der Waals surface area (Å²) in [6.45, 7) is 0. The highest BCUT2D eigenvalue weighted by molar-refractivity contribution is 8.77. The topological polar surface area (TPSA) is 57.0 Å². The minimum absolute atomic E-state index is 0.251. The fourth-order valence-electron chi connectivity index (χ4n) is 2.26. The molecule has 0 N–H and O–H groups in total. The molecule has 1 aliphatic rings. The highest BCUT2D eigenvalue weighted by atomic mass is 33.1. The highest BCUT2D eigenvalue weighted by Crippen LogP contribution is 2.39. The van der Waals surface area contributed by atoms with Crippen LogP contribution in [0.1, 0.15) is 32.1 Å². The Morgan fingerprint density at radius 1 is 1.38 bits per heavy atom. The second kappa shape index (κ2) is 7.17. The first-order valence-electron chi connectivity index (χ1n) is 7.13. The predicted molar refractivity (Wildman–Crippen MR) is 86.0 cm³/mol. The van der Waals surface area contributed by atoms with Gasteiger partial charge >= 0.3 is 5.97 Å². The lowest BCUT2D eigenvalue weighted by atomic mass is 10.1. The quantitative estimate of drug-likeness (QED) is 0.462. The van der Waals surface area contributed by atoms with Crippen LogP contribution in [0.2, 0.25) is 0 Å². The van der Waals surface area contributed by atoms with Gasteiger partial charge in [0.15, 0.2) is 0 Å². The molecule has 21 heavy (non-hydrogen) atoms. The van der Waals surface area contributed by atoms with Crippen molar-refractivity contribution in [3.8, 4) is 0 Å². The number of hydrogen-bond donors (Lipinski definition) is 0. The molecular formula is C14H17N3O2S2. The first-order valence-corrected chi connectivity index (χ1v) is 9.51. The number of aromatic nitrogens is 3. The minimum Gasteiger partial charge on any atom is -0.317 e. The number of unbranched alkanes of at least 4 members (excludes halogenated alkanes) is 1. The van der Waals surface area contributed by atoms with E-state index in [-0.39, 0.29) is 5.97 Å². The fraction of sp³-hybridized carbons (Fsp3) is 0.500. The Morgan fingerprint density at radius 2 is 2.29 bits per heavy atom. The van der Waals surface area contributed by atoms with Gasteiger partial charge in [0.25, 0.3) is 0 Å². The van der Waals surface area contributed by atoms with E-state index in [0.29, 0.717) is 11.9 Å². The molecule has 0 radical (unpaired) electrons. The van der Waals surface area contributed by atoms with E-state index < -0.39 is 0 Å². The summed E-state index contributed by atoms with van der Waals surface area (Å²) < 4.78 is 0. The molecule has 1 unspecified atom stereocenters. The molecule has 1 aromatic carbocycles. The van der Waals surface area contributed by atoms with Crippen LogP contribution in [0.4, 0.5) is 0 Å². The third-order valence-electron chi connectivity index (χ3n) is 3.39. The molecule has 0 bridgehead atoms. The number of nitrogens with zero attached hydrogens (tertiary/aromatic N) is 3. The minimum atomic E-state index is -0.251. The largest absolute Gasteiger partial charge is 0.335 e. The molecule has 5 nitrogen and oxygen atoms in total. The molecule has 0 spiro atoms. The van der Waals surface area contributed by atoms with Gasteiger partial charge < -0.3 is 4.84 Å². The van der Waals surface area contributed by atoms with Gasteiger partial charge in [0.2, 0.25) is 0 Å². The molecular weight excluding hydrogens is 306 g/mol. The van der Waals surface area contributed by atoms with E-state index in [4.69, 9.17) is 4.84 Å². The lowest BCUT2D eigenvalue weighted by Gasteiger charge is -2.06. The summed E-state index contributed by atoms with van der Waals surface area (Å²) in [7, 11) is 3.94. The first-order chi connectivity index (χ1) is 10.3. The number of carbonyl (C=O) groups is 1. The summed E-state index contributed by atoms with van der Waals surface area (Å²) in [4.78, 5) is 18.3. The Bertz CT molecular complexity index is 611. The highest BCUT2D eigenvalue weighted by Gasteiger charge is 2.16. The van der Waals surface area contributed by atoms with Gasteiger partial charge in [-0.3, -0.25) is 0 Å². The summed E-state index contributed by atoms with van der Waals surface area (Å²) in [6.07, 6.45) is 4.86. The molecule has 112 valence electrons. The van der Waals surface area contributed by atoms with Crippen LogP contribution in [0.3, 0.4) is 0 Å². The summed E-state index contributed by atoms with van der Waals surface area (Å²) in [6, 6.07) is 7.41. The third-order valence-corrected chi connectivity index (χ3v) is 6.40. The smallest absolute Gasteiger partial charge is 0.317 e. The lowest BCUT2D eigenvalue weighted by Crippen LogP contribution is -2.20. The Hall–Kier alpha value is -1.21. The number of fused-ring (bicyclic) bond motifs is 1. The standard InChI is InChI=1S/C14H17N3O2S2/c18-14(8-4-1-5-11-9-10-20-21-11)19-17-13-7-3-2-6-12(13)15-16-17/h2-3,6-7,11H,1,4-5,8-10H2. The number of benzene rings is 1. The molecule has 1 fully saturated rings. The summed E-state index contributed by atoms with van der Waals surface area (Å²) in [5, 5.41) is 8.56. The van der Waals surface area contributed by atoms with E-state index in [1.165, 1.54) is 23.4 Å². The van der Waals surface area contributed by atoms with E-state index >= 15 is 0 Å². The summed E-state index contributed by atoms with van der Waals surface area (Å²) in [5.74, 6) is 1.01. The van der Waals surface area contributed by atoms with E-state index in [1.807, 2.05) is 45.9 Å². The van der Waals surface area contributed by atoms with Crippen molar-refractivity contribution in [2.45, 2.75) is 37.4 Å². The zero-order valence-electron chi connectivity index (χ0n) is 11.6. The number of hydrogen-bond acceptors (Lipinski definition) is 6. The van der Waals surface area contributed by atoms with Crippen LogP contribution < -0.4 is 4.84 Å². The van der Waals surface area contributed by atoms with Crippen LogP contribution in [0.15, 0.2) is 24.3 Å². The average Bonchev–Trinajstić information content (AvgIpc) is 3.14. The molecule has 0 aliphatic carbocycles. The van der Waals surface area contributed by atoms with Crippen molar-refractivity contribution < 1.29 is 9.63 Å². The van der Waals surface area contributed by atoms with Gasteiger partial charge in [0.05, 0.1) is 0 Å². The average molecular weight is 323 g/mol. The zero-order valence-corrected chi connectivity index (χ0v) is 13.2. The second-order valence-corrected chi connectivity index (χ2v) is 7.78. The molecule has 7 heteroatoms. The second-order valence-electron chi connectivity index (χ2n) is 4.99. The zero-order chi connectivity index (χ0) is 14.5. The van der Waals surface area contributed by atoms with Crippen LogP contribution in [0.5, 0.6) is 0 Å². The van der Waals surface area contributed by atoms with Gasteiger partial charge in [0.1, 0.15) is 11.0 Å². The van der Waals surface area contributed by atoms with Crippen molar-refractivity contribution in [2.75, 3.05) is 5.75 Å². The molecule has 0 amide bonds. The Morgan fingerprint density at radius 3 is 3.14 bits per heavy atom. The molecule has 1 aromatic heterocycles. The first kappa shape index (κ1) is 14.7. The maximum absolute atomic E-state index is 11.8. The van der Waals surface area contributed by atoms with E-state index in [1.54, 1.807) is 0 Å². The van der Waals surface area contributed by atoms with Gasteiger partial charge in [-0.05, 0) is 36.6 Å². The molecule has 1 aliphatic heterocycles. The van der Waals surface area contributed by atoms with E-state index in [9.17, 15) is 4.79 Å². The van der Waals surface area contributed by atoms with Crippen molar-refractivity contribution in [1.29, 1.82) is 0 Å². The Labute approximate surface area is 131 Å². The maximum Gasteiger partial charge on any atom is 0.335 e. The number of carbonyl (C=O) groups excluding carboxylic acids is 1. The monoisotopic (exact) mass is 323 g/mol. The van der Waals surface area contributed by atoms with Crippen LogP contribution >= 0.6 is 21.6 Å². The molecule has 3 rings (SSSR count). The molecule has 2 aromatic rings. The van der Waals surface area contributed by atoms with Crippen molar-refractivity contribution in [3.05, 3.63) is 24.3 Å². The SMILES string of the molecule is O=C(CCCCC1CCSS1)On1nnc2ccccc21. The van der Waals surface area contributed by atoms with Crippen LogP contribution in [-0.4, -0.2) is 32.1 Å². The van der Waals surface area contributed by atoms with Crippen molar-refractivity contribution in [1.82, 2.24) is 15.2 Å². The van der Waals surface area contributed by atoms with Crippen LogP contribution in [-0.2, 0) is 4.79 Å². The van der Waals surface area contributed by atoms with E-state index in [2.05, 4.69) is 10.3 Å². The van der Waals surface area contributed by atoms with Gasteiger partial charge in [-0.2, -0.15) is 0 Å². The summed E-state index contributed by atoms with van der Waals surface area (Å²) >= 11 is 0. The van der Waals surface area contributed by atoms with Gasteiger partial charge in [-0.1, -0.05) is 45.0 Å². The Kier molecular flexibility index (Phi) is 5.03. The van der Waals surface area contributed by atoms with Crippen molar-refractivity contribution in [3.63, 3.8) is 0 Å². The third kappa shape index (κ3) is 3.91. The summed E-state index contributed by atoms with van der Waals surface area (Å²) in [5.41, 5.74) is 1.44. The van der Waals surface area contributed by atoms with Gasteiger partial charge in [-0.25, -0.2) is 4.79 Å². The van der Waals surface area contributed by atoms with Gasteiger partial charge in [0, 0.05) is 17.4 Å². The predicted octanol–water partition coefficient (Wildman–Crippen LogP) is 3.10. The van der Waals surface area contributed by atoms with E-state index in [0.717, 1.165) is 23.6 Å². The number of rotatable bonds is 6.